The first-order valence-corrected chi connectivity index (χ1v) is 8.46. The number of nitrogens with zero attached hydrogens (tertiary/aromatic N) is 2. The van der Waals surface area contributed by atoms with Gasteiger partial charge < -0.3 is 9.67 Å². The molecule has 0 saturated carbocycles. The zero-order valence-electron chi connectivity index (χ0n) is 14.1. The Morgan fingerprint density at radius 3 is 2.48 bits per heavy atom. The van der Waals surface area contributed by atoms with E-state index in [4.69, 9.17) is 4.98 Å². The van der Waals surface area contributed by atoms with Crippen LogP contribution in [0.1, 0.15) is 28.6 Å². The van der Waals surface area contributed by atoms with Gasteiger partial charge in [-0.3, -0.25) is 0 Å². The maximum Gasteiger partial charge on any atom is 0.143 e. The number of imidazole rings is 1. The topological polar surface area (TPSA) is 38.0 Å². The van der Waals surface area contributed by atoms with Crippen LogP contribution in [0.3, 0.4) is 0 Å². The zero-order chi connectivity index (χ0) is 17.2. The fourth-order valence-corrected chi connectivity index (χ4v) is 3.25. The van der Waals surface area contributed by atoms with Gasteiger partial charge in [-0.1, -0.05) is 72.3 Å². The highest BCUT2D eigenvalue weighted by Crippen LogP contribution is 2.26. The minimum atomic E-state index is -0.751. The van der Waals surface area contributed by atoms with Crippen LogP contribution >= 0.6 is 0 Å². The van der Waals surface area contributed by atoms with Gasteiger partial charge in [0.25, 0.3) is 0 Å². The molecule has 0 aliphatic rings. The molecule has 124 valence electrons. The first kappa shape index (κ1) is 15.6. The summed E-state index contributed by atoms with van der Waals surface area (Å²) in [6.07, 6.45) is -0.751. The van der Waals surface area contributed by atoms with Gasteiger partial charge in [-0.2, -0.15) is 0 Å². The van der Waals surface area contributed by atoms with Crippen LogP contribution in [0.4, 0.5) is 0 Å². The fraction of sp³-hybridized carbons (Fsp3) is 0.136. The van der Waals surface area contributed by atoms with E-state index in [0.29, 0.717) is 12.4 Å². The van der Waals surface area contributed by atoms with Gasteiger partial charge in [0.05, 0.1) is 11.0 Å². The molecule has 3 nitrogen and oxygen atoms in total. The van der Waals surface area contributed by atoms with Gasteiger partial charge in [-0.25, -0.2) is 4.98 Å². The van der Waals surface area contributed by atoms with E-state index >= 15 is 0 Å². The SMILES string of the molecule is Cc1cccc(Cn2c([C@H](O)c3ccccc3)nc3ccccc32)c1. The highest BCUT2D eigenvalue weighted by atomic mass is 16.3. The van der Waals surface area contributed by atoms with Gasteiger partial charge in [-0.05, 0) is 30.2 Å². The first-order chi connectivity index (χ1) is 12.2. The Morgan fingerprint density at radius 1 is 0.920 bits per heavy atom. The Labute approximate surface area is 147 Å². The number of benzene rings is 3. The quantitative estimate of drug-likeness (QED) is 0.600. The molecule has 4 rings (SSSR count). The lowest BCUT2D eigenvalue weighted by Gasteiger charge is -2.15. The zero-order valence-corrected chi connectivity index (χ0v) is 14.1. The summed E-state index contributed by atoms with van der Waals surface area (Å²) in [5.41, 5.74) is 5.22. The Hall–Kier alpha value is -2.91. The van der Waals surface area contributed by atoms with Gasteiger partial charge in [0.2, 0.25) is 0 Å². The first-order valence-electron chi connectivity index (χ1n) is 8.46. The lowest BCUT2D eigenvalue weighted by molar-refractivity contribution is 0.206. The molecule has 0 aliphatic carbocycles. The second-order valence-electron chi connectivity index (χ2n) is 6.35. The van der Waals surface area contributed by atoms with Crippen molar-refractivity contribution in [2.24, 2.45) is 0 Å². The Bertz CT molecular complexity index is 1000. The minimum absolute atomic E-state index is 0.675. The normalized spacial score (nSPS) is 12.4. The maximum absolute atomic E-state index is 10.9. The van der Waals surface area contributed by atoms with Crippen LogP contribution in [0.15, 0.2) is 78.9 Å². The number of aliphatic hydroxyl groups is 1. The van der Waals surface area contributed by atoms with E-state index in [-0.39, 0.29) is 0 Å². The number of aromatic nitrogens is 2. The molecule has 1 N–H and O–H groups in total. The summed E-state index contributed by atoms with van der Waals surface area (Å²) >= 11 is 0. The number of hydrogen-bond acceptors (Lipinski definition) is 2. The number of aryl methyl sites for hydroxylation is 1. The van der Waals surface area contributed by atoms with Gasteiger partial charge >= 0.3 is 0 Å². The van der Waals surface area contributed by atoms with E-state index in [1.165, 1.54) is 11.1 Å². The van der Waals surface area contributed by atoms with Gasteiger partial charge in [0.1, 0.15) is 11.9 Å². The second-order valence-corrected chi connectivity index (χ2v) is 6.35. The van der Waals surface area contributed by atoms with Crippen LogP contribution in [0.5, 0.6) is 0 Å². The largest absolute Gasteiger partial charge is 0.380 e. The van der Waals surface area contributed by atoms with E-state index in [1.54, 1.807) is 0 Å². The van der Waals surface area contributed by atoms with Gasteiger partial charge in [-0.15, -0.1) is 0 Å². The van der Waals surface area contributed by atoms with Crippen molar-refractivity contribution < 1.29 is 5.11 Å². The molecular weight excluding hydrogens is 308 g/mol. The third-order valence-corrected chi connectivity index (χ3v) is 4.47. The minimum Gasteiger partial charge on any atom is -0.380 e. The lowest BCUT2D eigenvalue weighted by Crippen LogP contribution is -2.11. The monoisotopic (exact) mass is 328 g/mol. The van der Waals surface area contributed by atoms with Crippen LogP contribution in [-0.4, -0.2) is 14.7 Å². The summed E-state index contributed by atoms with van der Waals surface area (Å²) in [5.74, 6) is 0.675. The van der Waals surface area contributed by atoms with Crippen LogP contribution in [0.2, 0.25) is 0 Å². The molecular formula is C22H20N2O. The van der Waals surface area contributed by atoms with Crippen LogP contribution in [-0.2, 0) is 6.54 Å². The highest BCUT2D eigenvalue weighted by molar-refractivity contribution is 5.76. The Balaban J connectivity index is 1.83. The fourth-order valence-electron chi connectivity index (χ4n) is 3.25. The molecule has 0 radical (unpaired) electrons. The lowest BCUT2D eigenvalue weighted by atomic mass is 10.1. The van der Waals surface area contributed by atoms with Crippen molar-refractivity contribution in [3.05, 3.63) is 101 Å². The van der Waals surface area contributed by atoms with Crippen molar-refractivity contribution >= 4 is 11.0 Å². The number of fused-ring (bicyclic) bond motifs is 1. The van der Waals surface area contributed by atoms with E-state index < -0.39 is 6.10 Å². The molecule has 0 amide bonds. The Kier molecular flexibility index (Phi) is 4.08. The molecule has 0 spiro atoms. The highest BCUT2D eigenvalue weighted by Gasteiger charge is 2.19. The van der Waals surface area contributed by atoms with Gasteiger partial charge in [0, 0.05) is 6.54 Å². The molecule has 0 unspecified atom stereocenters. The van der Waals surface area contributed by atoms with Crippen molar-refractivity contribution in [1.29, 1.82) is 0 Å². The standard InChI is InChI=1S/C22H20N2O/c1-16-8-7-9-17(14-16)15-24-20-13-6-5-12-19(20)23-22(24)21(25)18-10-3-2-4-11-18/h2-14,21,25H,15H2,1H3/t21-/m1/s1. The average molecular weight is 328 g/mol. The van der Waals surface area contributed by atoms with E-state index in [0.717, 1.165) is 16.6 Å². The predicted octanol–water partition coefficient (Wildman–Crippen LogP) is 4.47. The van der Waals surface area contributed by atoms with E-state index in [1.807, 2.05) is 48.5 Å². The average Bonchev–Trinajstić information content (AvgIpc) is 3.00. The molecule has 3 heteroatoms. The summed E-state index contributed by atoms with van der Waals surface area (Å²) in [7, 11) is 0. The van der Waals surface area contributed by atoms with Gasteiger partial charge in [0.15, 0.2) is 0 Å². The molecule has 1 aromatic heterocycles. The smallest absolute Gasteiger partial charge is 0.143 e. The molecule has 1 atom stereocenters. The van der Waals surface area contributed by atoms with Crippen molar-refractivity contribution in [2.45, 2.75) is 19.6 Å². The molecule has 0 aliphatic heterocycles. The van der Waals surface area contributed by atoms with Crippen molar-refractivity contribution in [3.8, 4) is 0 Å². The molecule has 0 bridgehead atoms. The summed E-state index contributed by atoms with van der Waals surface area (Å²) in [6, 6.07) is 26.2. The van der Waals surface area contributed by atoms with Crippen LogP contribution < -0.4 is 0 Å². The predicted molar refractivity (Wildman–Crippen MR) is 101 cm³/mol. The molecule has 0 fully saturated rings. The number of aliphatic hydroxyl groups excluding tert-OH is 1. The van der Waals surface area contributed by atoms with Crippen molar-refractivity contribution in [2.75, 3.05) is 0 Å². The molecule has 4 aromatic rings. The number of rotatable bonds is 4. The van der Waals surface area contributed by atoms with Crippen LogP contribution in [0, 0.1) is 6.92 Å². The number of para-hydroxylation sites is 2. The molecule has 25 heavy (non-hydrogen) atoms. The van der Waals surface area contributed by atoms with Crippen molar-refractivity contribution in [3.63, 3.8) is 0 Å². The second kappa shape index (κ2) is 6.54. The summed E-state index contributed by atoms with van der Waals surface area (Å²) in [5, 5.41) is 10.9. The third kappa shape index (κ3) is 3.06. The van der Waals surface area contributed by atoms with Crippen molar-refractivity contribution in [1.82, 2.24) is 9.55 Å². The van der Waals surface area contributed by atoms with E-state index in [9.17, 15) is 5.11 Å². The van der Waals surface area contributed by atoms with E-state index in [2.05, 4.69) is 41.8 Å². The Morgan fingerprint density at radius 2 is 1.68 bits per heavy atom. The molecule has 0 saturated heterocycles. The summed E-state index contributed by atoms with van der Waals surface area (Å²) in [4.78, 5) is 4.72. The molecule has 3 aromatic carbocycles. The third-order valence-electron chi connectivity index (χ3n) is 4.47. The number of hydrogen-bond donors (Lipinski definition) is 1. The summed E-state index contributed by atoms with van der Waals surface area (Å²) < 4.78 is 2.11. The molecule has 1 heterocycles. The maximum atomic E-state index is 10.9. The summed E-state index contributed by atoms with van der Waals surface area (Å²) in [6.45, 7) is 2.77. The van der Waals surface area contributed by atoms with Crippen LogP contribution in [0.25, 0.3) is 11.0 Å².